The zero-order valence-electron chi connectivity index (χ0n) is 12.8. The maximum Gasteiger partial charge on any atom is 0.156 e. The Bertz CT molecular complexity index is 337. The predicted molar refractivity (Wildman–Crippen MR) is 88.5 cm³/mol. The molecule has 1 N–H and O–H groups in total. The summed E-state index contributed by atoms with van der Waals surface area (Å²) in [4.78, 5) is 7.29. The van der Waals surface area contributed by atoms with Crippen LogP contribution < -0.4 is 5.32 Å². The fourth-order valence-corrected chi connectivity index (χ4v) is 4.96. The maximum absolute atomic E-state index is 4.84. The van der Waals surface area contributed by atoms with E-state index < -0.39 is 0 Å². The van der Waals surface area contributed by atoms with Gasteiger partial charge in [0.05, 0.1) is 0 Å². The first kappa shape index (κ1) is 14.7. The molecule has 0 spiro atoms. The summed E-state index contributed by atoms with van der Waals surface area (Å²) in [5.41, 5.74) is 0. The molecule has 3 fully saturated rings. The minimum Gasteiger partial charge on any atom is -0.362 e. The van der Waals surface area contributed by atoms with Crippen molar-refractivity contribution in [3.05, 3.63) is 0 Å². The molecular formula is C16H29N3S. The molecule has 0 bridgehead atoms. The lowest BCUT2D eigenvalue weighted by Crippen LogP contribution is -2.46. The van der Waals surface area contributed by atoms with Gasteiger partial charge in [0.2, 0.25) is 0 Å². The molecule has 2 atom stereocenters. The van der Waals surface area contributed by atoms with Crippen molar-refractivity contribution in [2.45, 2.75) is 51.0 Å². The molecule has 4 heteroatoms. The van der Waals surface area contributed by atoms with Crippen molar-refractivity contribution in [1.82, 2.24) is 10.2 Å². The third-order valence-electron chi connectivity index (χ3n) is 5.28. The van der Waals surface area contributed by atoms with Gasteiger partial charge in [-0.15, -0.1) is 0 Å². The molecule has 0 amide bonds. The lowest BCUT2D eigenvalue weighted by molar-refractivity contribution is 0.214. The van der Waals surface area contributed by atoms with Gasteiger partial charge >= 0.3 is 0 Å². The van der Waals surface area contributed by atoms with Crippen molar-refractivity contribution in [1.29, 1.82) is 0 Å². The summed E-state index contributed by atoms with van der Waals surface area (Å²) in [5.74, 6) is 3.11. The number of hydrogen-bond acceptors (Lipinski definition) is 3. The second-order valence-electron chi connectivity index (χ2n) is 6.83. The van der Waals surface area contributed by atoms with Crippen LogP contribution in [0.15, 0.2) is 4.99 Å². The number of fused-ring (bicyclic) bond motifs is 1. The first-order valence-corrected chi connectivity index (χ1v) is 9.42. The van der Waals surface area contributed by atoms with Gasteiger partial charge in [-0.3, -0.25) is 4.99 Å². The number of nitrogens with zero attached hydrogens (tertiary/aromatic N) is 2. The Hall–Kier alpha value is -0.220. The number of aliphatic imine (C=N–C) groups is 1. The first-order valence-electron chi connectivity index (χ1n) is 8.43. The molecule has 3 rings (SSSR count). The molecule has 1 aliphatic carbocycles. The van der Waals surface area contributed by atoms with Crippen molar-refractivity contribution in [2.24, 2.45) is 16.8 Å². The Morgan fingerprint density at radius 1 is 1.20 bits per heavy atom. The molecule has 1 saturated carbocycles. The summed E-state index contributed by atoms with van der Waals surface area (Å²) in [6.45, 7) is 3.58. The largest absolute Gasteiger partial charge is 0.362 e. The monoisotopic (exact) mass is 295 g/mol. The Balaban J connectivity index is 1.40. The normalized spacial score (nSPS) is 34.8. The van der Waals surface area contributed by atoms with E-state index in [1.807, 2.05) is 11.8 Å². The van der Waals surface area contributed by atoms with Gasteiger partial charge in [-0.25, -0.2) is 0 Å². The topological polar surface area (TPSA) is 27.6 Å². The molecule has 2 unspecified atom stereocenters. The van der Waals surface area contributed by atoms with Gasteiger partial charge in [0.15, 0.2) is 5.17 Å². The SMILES string of the molecule is CN1CCC(CCN=C2NC3CCCCC3CS2)CC1. The molecule has 0 aromatic heterocycles. The average molecular weight is 295 g/mol. The van der Waals surface area contributed by atoms with Gasteiger partial charge in [0.25, 0.3) is 0 Å². The van der Waals surface area contributed by atoms with Crippen molar-refractivity contribution in [3.63, 3.8) is 0 Å². The van der Waals surface area contributed by atoms with Crippen LogP contribution in [0.4, 0.5) is 0 Å². The number of piperidine rings is 1. The zero-order valence-corrected chi connectivity index (χ0v) is 13.6. The molecular weight excluding hydrogens is 266 g/mol. The van der Waals surface area contributed by atoms with Gasteiger partial charge in [-0.2, -0.15) is 0 Å². The van der Waals surface area contributed by atoms with E-state index in [2.05, 4.69) is 17.3 Å². The fraction of sp³-hybridized carbons (Fsp3) is 0.938. The third kappa shape index (κ3) is 3.91. The van der Waals surface area contributed by atoms with Gasteiger partial charge in [0.1, 0.15) is 0 Å². The van der Waals surface area contributed by atoms with E-state index in [4.69, 9.17) is 4.99 Å². The molecule has 114 valence electrons. The lowest BCUT2D eigenvalue weighted by atomic mass is 9.86. The second-order valence-corrected chi connectivity index (χ2v) is 7.84. The quantitative estimate of drug-likeness (QED) is 0.867. The van der Waals surface area contributed by atoms with E-state index in [1.54, 1.807) is 0 Å². The van der Waals surface area contributed by atoms with Crippen molar-refractivity contribution >= 4 is 16.9 Å². The van der Waals surface area contributed by atoms with Gasteiger partial charge in [-0.1, -0.05) is 24.6 Å². The highest BCUT2D eigenvalue weighted by atomic mass is 32.2. The van der Waals surface area contributed by atoms with Crippen LogP contribution in [-0.2, 0) is 0 Å². The molecule has 3 nitrogen and oxygen atoms in total. The highest BCUT2D eigenvalue weighted by molar-refractivity contribution is 8.13. The van der Waals surface area contributed by atoms with E-state index in [1.165, 1.54) is 69.0 Å². The van der Waals surface area contributed by atoms with Crippen molar-refractivity contribution in [2.75, 3.05) is 32.4 Å². The lowest BCUT2D eigenvalue weighted by Gasteiger charge is -2.37. The molecule has 0 radical (unpaired) electrons. The highest BCUT2D eigenvalue weighted by Crippen LogP contribution is 2.31. The van der Waals surface area contributed by atoms with E-state index >= 15 is 0 Å². The van der Waals surface area contributed by atoms with E-state index in [9.17, 15) is 0 Å². The number of hydrogen-bond donors (Lipinski definition) is 1. The Morgan fingerprint density at radius 3 is 2.85 bits per heavy atom. The standard InChI is InChI=1S/C16H29N3S/c1-19-10-7-13(8-11-19)6-9-17-16-18-15-5-3-2-4-14(15)12-20-16/h13-15H,2-12H2,1H3,(H,17,18). The highest BCUT2D eigenvalue weighted by Gasteiger charge is 2.30. The van der Waals surface area contributed by atoms with E-state index in [0.29, 0.717) is 0 Å². The Kier molecular flexibility index (Phi) is 5.27. The predicted octanol–water partition coefficient (Wildman–Crippen LogP) is 2.97. The number of thioether (sulfide) groups is 1. The minimum absolute atomic E-state index is 0.729. The maximum atomic E-state index is 4.84. The fourth-order valence-electron chi connectivity index (χ4n) is 3.77. The van der Waals surface area contributed by atoms with Crippen LogP contribution in [0.25, 0.3) is 0 Å². The van der Waals surface area contributed by atoms with Crippen LogP contribution in [-0.4, -0.2) is 48.5 Å². The van der Waals surface area contributed by atoms with Gasteiger partial charge in [-0.05, 0) is 64.1 Å². The number of amidine groups is 1. The summed E-state index contributed by atoms with van der Waals surface area (Å²) < 4.78 is 0. The smallest absolute Gasteiger partial charge is 0.156 e. The van der Waals surface area contributed by atoms with Crippen LogP contribution in [0, 0.1) is 11.8 Å². The average Bonchev–Trinajstić information content (AvgIpc) is 2.49. The summed E-state index contributed by atoms with van der Waals surface area (Å²) in [6, 6.07) is 0.729. The number of nitrogens with one attached hydrogen (secondary N) is 1. The van der Waals surface area contributed by atoms with Crippen LogP contribution in [0.5, 0.6) is 0 Å². The first-order chi connectivity index (χ1) is 9.81. The van der Waals surface area contributed by atoms with Crippen molar-refractivity contribution < 1.29 is 0 Å². The van der Waals surface area contributed by atoms with Gasteiger partial charge < -0.3 is 10.2 Å². The Labute approximate surface area is 128 Å². The number of likely N-dealkylation sites (tertiary alicyclic amines) is 1. The molecule has 0 aromatic rings. The molecule has 2 aliphatic heterocycles. The zero-order chi connectivity index (χ0) is 13.8. The molecule has 0 aromatic carbocycles. The minimum atomic E-state index is 0.729. The number of rotatable bonds is 3. The van der Waals surface area contributed by atoms with Gasteiger partial charge in [0, 0.05) is 18.3 Å². The molecule has 3 aliphatic rings. The Morgan fingerprint density at radius 2 is 2.00 bits per heavy atom. The molecule has 20 heavy (non-hydrogen) atoms. The van der Waals surface area contributed by atoms with Crippen LogP contribution in [0.3, 0.4) is 0 Å². The summed E-state index contributed by atoms with van der Waals surface area (Å²) >= 11 is 1.97. The molecule has 2 heterocycles. The summed E-state index contributed by atoms with van der Waals surface area (Å²) in [6.07, 6.45) is 9.65. The van der Waals surface area contributed by atoms with E-state index in [-0.39, 0.29) is 0 Å². The summed E-state index contributed by atoms with van der Waals surface area (Å²) in [7, 11) is 2.24. The van der Waals surface area contributed by atoms with E-state index in [0.717, 1.165) is 24.4 Å². The summed E-state index contributed by atoms with van der Waals surface area (Å²) in [5, 5.41) is 4.94. The molecule has 2 saturated heterocycles. The van der Waals surface area contributed by atoms with Crippen LogP contribution in [0.2, 0.25) is 0 Å². The second kappa shape index (κ2) is 7.17. The van der Waals surface area contributed by atoms with Crippen LogP contribution >= 0.6 is 11.8 Å². The van der Waals surface area contributed by atoms with Crippen molar-refractivity contribution in [3.8, 4) is 0 Å². The third-order valence-corrected chi connectivity index (χ3v) is 6.40. The van der Waals surface area contributed by atoms with Crippen LogP contribution in [0.1, 0.15) is 44.9 Å².